The third-order valence-corrected chi connectivity index (χ3v) is 2.96. The zero-order valence-corrected chi connectivity index (χ0v) is 9.64. The number of imidazole rings is 1. The molecule has 1 aromatic carbocycles. The van der Waals surface area contributed by atoms with E-state index in [1.807, 2.05) is 16.7 Å². The Morgan fingerprint density at radius 3 is 2.82 bits per heavy atom. The number of aromatic nitrogens is 2. The van der Waals surface area contributed by atoms with Crippen molar-refractivity contribution in [2.24, 2.45) is 0 Å². The average Bonchev–Trinajstić information content (AvgIpc) is 2.91. The molecule has 2 heterocycles. The lowest BCUT2D eigenvalue weighted by atomic mass is 10.2. The summed E-state index contributed by atoms with van der Waals surface area (Å²) in [5.74, 6) is 2.46. The number of fused-ring (bicyclic) bond motifs is 2. The number of benzene rings is 1. The van der Waals surface area contributed by atoms with Crippen molar-refractivity contribution >= 4 is 11.0 Å². The highest BCUT2D eigenvalue weighted by molar-refractivity contribution is 5.81. The minimum absolute atomic E-state index is 0.104. The molecule has 0 fully saturated rings. The SMILES string of the molecule is CCc1nc2cc3c(cc2n1CCO)OCO3. The largest absolute Gasteiger partial charge is 0.454 e. The topological polar surface area (TPSA) is 56.5 Å². The molecular weight excluding hydrogens is 220 g/mol. The van der Waals surface area contributed by atoms with Gasteiger partial charge in [0.25, 0.3) is 0 Å². The Hall–Kier alpha value is -1.75. The highest BCUT2D eigenvalue weighted by Crippen LogP contribution is 2.36. The summed E-state index contributed by atoms with van der Waals surface area (Å²) in [4.78, 5) is 4.54. The van der Waals surface area contributed by atoms with Gasteiger partial charge in [-0.2, -0.15) is 0 Å². The highest BCUT2D eigenvalue weighted by Gasteiger charge is 2.18. The Morgan fingerprint density at radius 1 is 1.35 bits per heavy atom. The van der Waals surface area contributed by atoms with E-state index in [1.54, 1.807) is 0 Å². The lowest BCUT2D eigenvalue weighted by molar-refractivity contribution is 0.174. The number of nitrogens with zero attached hydrogens (tertiary/aromatic N) is 2. The molecule has 0 saturated carbocycles. The normalized spacial score (nSPS) is 13.5. The number of aliphatic hydroxyl groups is 1. The van der Waals surface area contributed by atoms with Crippen LogP contribution in [0.25, 0.3) is 11.0 Å². The van der Waals surface area contributed by atoms with Crippen LogP contribution >= 0.6 is 0 Å². The molecule has 3 rings (SSSR count). The maximum Gasteiger partial charge on any atom is 0.231 e. The summed E-state index contributed by atoms with van der Waals surface area (Å²) in [6.45, 7) is 2.98. The Balaban J connectivity index is 2.21. The lowest BCUT2D eigenvalue weighted by Gasteiger charge is -2.05. The molecule has 1 N–H and O–H groups in total. The molecule has 0 atom stereocenters. The van der Waals surface area contributed by atoms with Gasteiger partial charge in [0.15, 0.2) is 11.5 Å². The second kappa shape index (κ2) is 3.92. The van der Waals surface area contributed by atoms with Gasteiger partial charge in [0.05, 0.1) is 17.6 Å². The molecule has 1 aromatic heterocycles. The minimum atomic E-state index is 0.104. The molecular formula is C12H14N2O3. The first-order chi connectivity index (χ1) is 8.33. The fourth-order valence-electron chi connectivity index (χ4n) is 2.18. The van der Waals surface area contributed by atoms with Crippen molar-refractivity contribution in [3.63, 3.8) is 0 Å². The molecule has 1 aliphatic heterocycles. The first-order valence-corrected chi connectivity index (χ1v) is 5.73. The minimum Gasteiger partial charge on any atom is -0.454 e. The predicted molar refractivity (Wildman–Crippen MR) is 62.3 cm³/mol. The summed E-state index contributed by atoms with van der Waals surface area (Å²) < 4.78 is 12.7. The summed E-state index contributed by atoms with van der Waals surface area (Å²) >= 11 is 0. The van der Waals surface area contributed by atoms with E-state index in [0.29, 0.717) is 6.54 Å². The Labute approximate surface area is 98.6 Å². The molecule has 0 amide bonds. The molecule has 17 heavy (non-hydrogen) atoms. The molecule has 0 radical (unpaired) electrons. The third-order valence-electron chi connectivity index (χ3n) is 2.96. The van der Waals surface area contributed by atoms with Crippen molar-refractivity contribution < 1.29 is 14.6 Å². The monoisotopic (exact) mass is 234 g/mol. The van der Waals surface area contributed by atoms with Crippen molar-refractivity contribution in [1.29, 1.82) is 0 Å². The van der Waals surface area contributed by atoms with Crippen LogP contribution in [-0.4, -0.2) is 28.1 Å². The molecule has 0 unspecified atom stereocenters. The Bertz CT molecular complexity index is 562. The van der Waals surface area contributed by atoms with Crippen molar-refractivity contribution in [3.8, 4) is 11.5 Å². The van der Waals surface area contributed by atoms with Gasteiger partial charge in [-0.25, -0.2) is 4.98 Å². The van der Waals surface area contributed by atoms with Gasteiger partial charge in [0.2, 0.25) is 6.79 Å². The molecule has 0 aliphatic carbocycles. The van der Waals surface area contributed by atoms with Crippen LogP contribution < -0.4 is 9.47 Å². The van der Waals surface area contributed by atoms with E-state index >= 15 is 0 Å². The zero-order valence-electron chi connectivity index (χ0n) is 9.64. The summed E-state index contributed by atoms with van der Waals surface area (Å²) in [7, 11) is 0. The van der Waals surface area contributed by atoms with Gasteiger partial charge in [-0.15, -0.1) is 0 Å². The van der Waals surface area contributed by atoms with Gasteiger partial charge in [-0.3, -0.25) is 0 Å². The van der Waals surface area contributed by atoms with Crippen LogP contribution in [0.4, 0.5) is 0 Å². The van der Waals surface area contributed by atoms with Crippen LogP contribution in [0.2, 0.25) is 0 Å². The van der Waals surface area contributed by atoms with Gasteiger partial charge in [0, 0.05) is 25.1 Å². The van der Waals surface area contributed by atoms with E-state index in [-0.39, 0.29) is 13.4 Å². The molecule has 0 saturated heterocycles. The number of aliphatic hydroxyl groups excluding tert-OH is 1. The van der Waals surface area contributed by atoms with Gasteiger partial charge in [-0.05, 0) is 0 Å². The summed E-state index contributed by atoms with van der Waals surface area (Å²) in [6.07, 6.45) is 0.834. The van der Waals surface area contributed by atoms with E-state index in [1.165, 1.54) is 0 Å². The van der Waals surface area contributed by atoms with E-state index in [0.717, 1.165) is 34.8 Å². The van der Waals surface area contributed by atoms with E-state index in [9.17, 15) is 0 Å². The van der Waals surface area contributed by atoms with Crippen LogP contribution in [0.15, 0.2) is 12.1 Å². The third kappa shape index (κ3) is 1.54. The van der Waals surface area contributed by atoms with Gasteiger partial charge >= 0.3 is 0 Å². The molecule has 0 spiro atoms. The van der Waals surface area contributed by atoms with Crippen molar-refractivity contribution in [2.45, 2.75) is 19.9 Å². The van der Waals surface area contributed by atoms with Crippen LogP contribution in [0.3, 0.4) is 0 Å². The Morgan fingerprint density at radius 2 is 2.12 bits per heavy atom. The highest BCUT2D eigenvalue weighted by atomic mass is 16.7. The summed E-state index contributed by atoms with van der Waals surface area (Å²) in [6, 6.07) is 3.82. The number of rotatable bonds is 3. The Kier molecular flexibility index (Phi) is 2.40. The maximum absolute atomic E-state index is 9.11. The van der Waals surface area contributed by atoms with E-state index in [2.05, 4.69) is 11.9 Å². The zero-order chi connectivity index (χ0) is 11.8. The second-order valence-corrected chi connectivity index (χ2v) is 3.95. The number of hydrogen-bond donors (Lipinski definition) is 1. The van der Waals surface area contributed by atoms with Crippen molar-refractivity contribution in [1.82, 2.24) is 9.55 Å². The van der Waals surface area contributed by atoms with Gasteiger partial charge in [0.1, 0.15) is 5.82 Å². The predicted octanol–water partition coefficient (Wildman–Crippen LogP) is 1.32. The van der Waals surface area contributed by atoms with Crippen LogP contribution in [0.5, 0.6) is 11.5 Å². The number of ether oxygens (including phenoxy) is 2. The summed E-state index contributed by atoms with van der Waals surface area (Å²) in [5, 5.41) is 9.11. The quantitative estimate of drug-likeness (QED) is 0.870. The molecule has 0 bridgehead atoms. The summed E-state index contributed by atoms with van der Waals surface area (Å²) in [5.41, 5.74) is 1.87. The molecule has 5 heteroatoms. The smallest absolute Gasteiger partial charge is 0.231 e. The first kappa shape index (κ1) is 10.4. The molecule has 90 valence electrons. The fraction of sp³-hybridized carbons (Fsp3) is 0.417. The molecule has 2 aromatic rings. The first-order valence-electron chi connectivity index (χ1n) is 5.73. The van der Waals surface area contributed by atoms with E-state index < -0.39 is 0 Å². The maximum atomic E-state index is 9.11. The number of hydrogen-bond acceptors (Lipinski definition) is 4. The van der Waals surface area contributed by atoms with Crippen LogP contribution in [0.1, 0.15) is 12.7 Å². The standard InChI is InChI=1S/C12H14N2O3/c1-2-12-13-8-5-10-11(17-7-16-10)6-9(8)14(12)3-4-15/h5-6,15H,2-4,7H2,1H3. The van der Waals surface area contributed by atoms with Gasteiger partial charge < -0.3 is 19.1 Å². The van der Waals surface area contributed by atoms with Crippen LogP contribution in [0, 0.1) is 0 Å². The average molecular weight is 234 g/mol. The number of aryl methyl sites for hydroxylation is 1. The van der Waals surface area contributed by atoms with Gasteiger partial charge in [-0.1, -0.05) is 6.92 Å². The van der Waals surface area contributed by atoms with Crippen LogP contribution in [-0.2, 0) is 13.0 Å². The van der Waals surface area contributed by atoms with Crippen molar-refractivity contribution in [2.75, 3.05) is 13.4 Å². The van der Waals surface area contributed by atoms with Crippen molar-refractivity contribution in [3.05, 3.63) is 18.0 Å². The molecule has 5 nitrogen and oxygen atoms in total. The fourth-order valence-corrected chi connectivity index (χ4v) is 2.18. The second-order valence-electron chi connectivity index (χ2n) is 3.95. The lowest BCUT2D eigenvalue weighted by Crippen LogP contribution is -2.06. The van der Waals surface area contributed by atoms with E-state index in [4.69, 9.17) is 14.6 Å². The molecule has 1 aliphatic rings.